The first kappa shape index (κ1) is 20.4. The van der Waals surface area contributed by atoms with E-state index in [2.05, 4.69) is 33.0 Å². The lowest BCUT2D eigenvalue weighted by molar-refractivity contribution is -0.126. The molecular formula is C25H29ClN4O. The topological polar surface area (TPSA) is 50.2 Å². The second-order valence-electron chi connectivity index (χ2n) is 8.92. The maximum atomic E-state index is 12.7. The van der Waals surface area contributed by atoms with E-state index in [1.807, 2.05) is 31.2 Å². The molecule has 1 saturated carbocycles. The Hall–Kier alpha value is -2.53. The highest BCUT2D eigenvalue weighted by molar-refractivity contribution is 6.32. The summed E-state index contributed by atoms with van der Waals surface area (Å²) in [6.45, 7) is 3.68. The molecule has 0 radical (unpaired) electrons. The number of fused-ring (bicyclic) bond motifs is 1. The van der Waals surface area contributed by atoms with Gasteiger partial charge in [-0.1, -0.05) is 42.6 Å². The number of rotatable bonds is 4. The molecule has 2 heterocycles. The Bertz CT molecular complexity index is 1080. The lowest BCUT2D eigenvalue weighted by Gasteiger charge is -2.33. The molecule has 2 fully saturated rings. The molecule has 0 atom stereocenters. The van der Waals surface area contributed by atoms with Crippen molar-refractivity contribution in [1.29, 1.82) is 0 Å². The van der Waals surface area contributed by atoms with Gasteiger partial charge in [-0.05, 0) is 62.4 Å². The molecule has 5 nitrogen and oxygen atoms in total. The molecule has 31 heavy (non-hydrogen) atoms. The van der Waals surface area contributed by atoms with Crippen LogP contribution in [0, 0.1) is 12.8 Å². The van der Waals surface area contributed by atoms with Gasteiger partial charge in [-0.2, -0.15) is 0 Å². The summed E-state index contributed by atoms with van der Waals surface area (Å²) < 4.78 is 2.22. The van der Waals surface area contributed by atoms with Gasteiger partial charge in [0.05, 0.1) is 11.0 Å². The highest BCUT2D eigenvalue weighted by Crippen LogP contribution is 2.33. The summed E-state index contributed by atoms with van der Waals surface area (Å²) in [5.74, 6) is 1.27. The second-order valence-corrected chi connectivity index (χ2v) is 9.33. The van der Waals surface area contributed by atoms with E-state index in [1.165, 1.54) is 12.8 Å². The van der Waals surface area contributed by atoms with Crippen LogP contribution in [-0.4, -0.2) is 34.6 Å². The average molecular weight is 437 g/mol. The van der Waals surface area contributed by atoms with Crippen LogP contribution in [0.25, 0.3) is 16.7 Å². The van der Waals surface area contributed by atoms with Gasteiger partial charge >= 0.3 is 0 Å². The Balaban J connectivity index is 1.41. The summed E-state index contributed by atoms with van der Waals surface area (Å²) in [5.41, 5.74) is 4.09. The summed E-state index contributed by atoms with van der Waals surface area (Å²) in [6.07, 6.45) is 6.46. The molecule has 5 rings (SSSR count). The summed E-state index contributed by atoms with van der Waals surface area (Å²) in [6, 6.07) is 14.8. The van der Waals surface area contributed by atoms with E-state index in [-0.39, 0.29) is 11.8 Å². The fourth-order valence-electron chi connectivity index (χ4n) is 4.96. The average Bonchev–Trinajstić information content (AvgIpc) is 3.42. The number of imidazole rings is 1. The van der Waals surface area contributed by atoms with Crippen molar-refractivity contribution in [3.05, 3.63) is 53.1 Å². The fourth-order valence-corrected chi connectivity index (χ4v) is 5.12. The highest BCUT2D eigenvalue weighted by atomic mass is 35.5. The van der Waals surface area contributed by atoms with Crippen molar-refractivity contribution in [3.63, 3.8) is 0 Å². The normalized spacial score (nSPS) is 18.1. The minimum Gasteiger partial charge on any atom is -0.353 e. The monoisotopic (exact) mass is 436 g/mol. The van der Waals surface area contributed by atoms with Crippen LogP contribution in [0.4, 0.5) is 5.95 Å². The van der Waals surface area contributed by atoms with Crippen LogP contribution in [-0.2, 0) is 4.79 Å². The van der Waals surface area contributed by atoms with Crippen LogP contribution >= 0.6 is 11.6 Å². The lowest BCUT2D eigenvalue weighted by atomic mass is 9.95. The van der Waals surface area contributed by atoms with Crippen LogP contribution in [0.1, 0.15) is 44.1 Å². The number of hydrogen-bond donors (Lipinski definition) is 1. The number of piperidine rings is 1. The molecule has 6 heteroatoms. The van der Waals surface area contributed by atoms with Gasteiger partial charge in [-0.15, -0.1) is 0 Å². The van der Waals surface area contributed by atoms with Crippen molar-refractivity contribution in [2.24, 2.45) is 5.92 Å². The lowest BCUT2D eigenvalue weighted by Crippen LogP contribution is -2.43. The number of nitrogens with zero attached hydrogens (tertiary/aromatic N) is 3. The second kappa shape index (κ2) is 8.54. The highest BCUT2D eigenvalue weighted by Gasteiger charge is 2.29. The first-order chi connectivity index (χ1) is 15.1. The van der Waals surface area contributed by atoms with Crippen molar-refractivity contribution in [3.8, 4) is 5.69 Å². The fraction of sp³-hybridized carbons (Fsp3) is 0.440. The number of para-hydroxylation sites is 1. The van der Waals surface area contributed by atoms with Gasteiger partial charge in [-0.3, -0.25) is 9.36 Å². The minimum absolute atomic E-state index is 0.100. The third-order valence-corrected chi connectivity index (χ3v) is 7.19. The smallest absolute Gasteiger partial charge is 0.223 e. The number of halogens is 1. The predicted octanol–water partition coefficient (Wildman–Crippen LogP) is 5.26. The molecule has 2 aliphatic rings. The number of carbonyl (C=O) groups excluding carboxylic acids is 1. The van der Waals surface area contributed by atoms with E-state index in [4.69, 9.17) is 16.6 Å². The number of nitrogens with one attached hydrogen (secondary N) is 1. The van der Waals surface area contributed by atoms with E-state index in [9.17, 15) is 4.79 Å². The third kappa shape index (κ3) is 4.03. The summed E-state index contributed by atoms with van der Waals surface area (Å²) >= 11 is 6.40. The summed E-state index contributed by atoms with van der Waals surface area (Å²) in [4.78, 5) is 20.0. The van der Waals surface area contributed by atoms with Crippen molar-refractivity contribution in [1.82, 2.24) is 14.9 Å². The Morgan fingerprint density at radius 2 is 1.77 bits per heavy atom. The van der Waals surface area contributed by atoms with Gasteiger partial charge in [0.15, 0.2) is 0 Å². The van der Waals surface area contributed by atoms with E-state index in [0.29, 0.717) is 6.04 Å². The molecule has 0 bridgehead atoms. The molecule has 1 aromatic heterocycles. The molecule has 0 spiro atoms. The number of aryl methyl sites for hydroxylation is 1. The number of carbonyl (C=O) groups is 1. The van der Waals surface area contributed by atoms with Gasteiger partial charge in [0.1, 0.15) is 0 Å². The zero-order valence-electron chi connectivity index (χ0n) is 18.0. The molecule has 2 aromatic carbocycles. The molecule has 1 aliphatic heterocycles. The van der Waals surface area contributed by atoms with Crippen molar-refractivity contribution in [2.75, 3.05) is 18.0 Å². The van der Waals surface area contributed by atoms with E-state index in [1.54, 1.807) is 0 Å². The Kier molecular flexibility index (Phi) is 5.61. The van der Waals surface area contributed by atoms with E-state index >= 15 is 0 Å². The number of anilines is 1. The number of amides is 1. The standard InChI is InChI=1S/C25H29ClN4O/c1-17-15-23-22(16-21(17)26)28-25(30(23)20-9-3-2-4-10-20)29-13-11-18(12-14-29)24(31)27-19-7-5-6-8-19/h2-4,9-10,15-16,18-19H,5-8,11-14H2,1H3,(H,27,31). The number of aromatic nitrogens is 2. The largest absolute Gasteiger partial charge is 0.353 e. The van der Waals surface area contributed by atoms with Crippen LogP contribution in [0.3, 0.4) is 0 Å². The van der Waals surface area contributed by atoms with Crippen LogP contribution < -0.4 is 10.2 Å². The van der Waals surface area contributed by atoms with E-state index < -0.39 is 0 Å². The predicted molar refractivity (Wildman–Crippen MR) is 126 cm³/mol. The van der Waals surface area contributed by atoms with E-state index in [0.717, 1.165) is 72.0 Å². The van der Waals surface area contributed by atoms with Gasteiger partial charge in [0.2, 0.25) is 11.9 Å². The van der Waals surface area contributed by atoms with Gasteiger partial charge in [-0.25, -0.2) is 4.98 Å². The van der Waals surface area contributed by atoms with Crippen molar-refractivity contribution >= 4 is 34.5 Å². The number of hydrogen-bond acceptors (Lipinski definition) is 3. The van der Waals surface area contributed by atoms with Crippen molar-refractivity contribution < 1.29 is 4.79 Å². The summed E-state index contributed by atoms with van der Waals surface area (Å²) in [5, 5.41) is 4.02. The van der Waals surface area contributed by atoms with Gasteiger partial charge < -0.3 is 10.2 Å². The van der Waals surface area contributed by atoms with Crippen LogP contribution in [0.2, 0.25) is 5.02 Å². The molecule has 1 saturated heterocycles. The van der Waals surface area contributed by atoms with Crippen LogP contribution in [0.5, 0.6) is 0 Å². The van der Waals surface area contributed by atoms with Crippen molar-refractivity contribution in [2.45, 2.75) is 51.5 Å². The van der Waals surface area contributed by atoms with Gasteiger partial charge in [0, 0.05) is 35.8 Å². The molecule has 3 aromatic rings. The maximum absolute atomic E-state index is 12.7. The first-order valence-corrected chi connectivity index (χ1v) is 11.8. The zero-order valence-corrected chi connectivity index (χ0v) is 18.7. The minimum atomic E-state index is 0.100. The SMILES string of the molecule is Cc1cc2c(cc1Cl)nc(N1CCC(C(=O)NC3CCCC3)CC1)n2-c1ccccc1. The molecule has 1 amide bonds. The molecular weight excluding hydrogens is 408 g/mol. The first-order valence-electron chi connectivity index (χ1n) is 11.4. The number of benzene rings is 2. The molecule has 1 N–H and O–H groups in total. The summed E-state index contributed by atoms with van der Waals surface area (Å²) in [7, 11) is 0. The van der Waals surface area contributed by atoms with Gasteiger partial charge in [0.25, 0.3) is 0 Å². The Morgan fingerprint density at radius 1 is 1.06 bits per heavy atom. The Morgan fingerprint density at radius 3 is 2.48 bits per heavy atom. The molecule has 0 unspecified atom stereocenters. The molecule has 162 valence electrons. The molecule has 1 aliphatic carbocycles. The maximum Gasteiger partial charge on any atom is 0.223 e. The van der Waals surface area contributed by atoms with Crippen LogP contribution in [0.15, 0.2) is 42.5 Å². The Labute approximate surface area is 188 Å². The zero-order chi connectivity index (χ0) is 21.4. The quantitative estimate of drug-likeness (QED) is 0.606. The third-order valence-electron chi connectivity index (χ3n) is 6.78.